The molecule has 0 aliphatic carbocycles. The van der Waals surface area contributed by atoms with Crippen LogP contribution in [0.15, 0.2) is 42.5 Å². The predicted octanol–water partition coefficient (Wildman–Crippen LogP) is 5.99. The van der Waals surface area contributed by atoms with Crippen molar-refractivity contribution in [1.82, 2.24) is 5.32 Å². The number of alkyl halides is 3. The van der Waals surface area contributed by atoms with Crippen LogP contribution in [-0.4, -0.2) is 19.1 Å². The fourth-order valence-corrected chi connectivity index (χ4v) is 3.43. The number of rotatable bonds is 6. The van der Waals surface area contributed by atoms with E-state index in [9.17, 15) is 13.2 Å². The largest absolute Gasteiger partial charge is 0.457 e. The van der Waals surface area contributed by atoms with E-state index < -0.39 is 11.7 Å². The molecule has 0 spiro atoms. The quantitative estimate of drug-likeness (QED) is 0.654. The van der Waals surface area contributed by atoms with Gasteiger partial charge in [0.15, 0.2) is 0 Å². The highest BCUT2D eigenvalue weighted by Crippen LogP contribution is 2.36. The summed E-state index contributed by atoms with van der Waals surface area (Å²) in [4.78, 5) is 2.35. The van der Waals surface area contributed by atoms with Gasteiger partial charge in [0, 0.05) is 36.9 Å². The molecule has 3 rings (SSSR count). The molecule has 1 aliphatic rings. The van der Waals surface area contributed by atoms with E-state index in [1.165, 1.54) is 12.5 Å². The lowest BCUT2D eigenvalue weighted by molar-refractivity contribution is -0.137. The van der Waals surface area contributed by atoms with Crippen LogP contribution in [0.5, 0.6) is 11.5 Å². The normalized spacial score (nSPS) is 15.1. The maximum atomic E-state index is 13.0. The van der Waals surface area contributed by atoms with Gasteiger partial charge in [0.2, 0.25) is 0 Å². The fourth-order valence-electron chi connectivity index (χ4n) is 3.43. The van der Waals surface area contributed by atoms with Crippen LogP contribution in [0.4, 0.5) is 18.9 Å². The van der Waals surface area contributed by atoms with Crippen molar-refractivity contribution >= 4 is 5.69 Å². The van der Waals surface area contributed by atoms with Crippen LogP contribution in [0.1, 0.15) is 44.2 Å². The second-order valence-corrected chi connectivity index (χ2v) is 7.46. The van der Waals surface area contributed by atoms with Gasteiger partial charge in [-0.05, 0) is 49.6 Å². The molecule has 152 valence electrons. The summed E-state index contributed by atoms with van der Waals surface area (Å²) in [6.07, 6.45) is -0.862. The Morgan fingerprint density at radius 3 is 2.43 bits per heavy atom. The van der Waals surface area contributed by atoms with E-state index >= 15 is 0 Å². The van der Waals surface area contributed by atoms with Gasteiger partial charge in [0.25, 0.3) is 0 Å². The van der Waals surface area contributed by atoms with Crippen LogP contribution in [0.3, 0.4) is 0 Å². The Labute approximate surface area is 164 Å². The van der Waals surface area contributed by atoms with E-state index in [4.69, 9.17) is 4.74 Å². The molecule has 0 unspecified atom stereocenters. The van der Waals surface area contributed by atoms with Gasteiger partial charge in [-0.1, -0.05) is 26.0 Å². The molecule has 2 aromatic carbocycles. The maximum absolute atomic E-state index is 13.0. The molecule has 6 heteroatoms. The first-order valence-electron chi connectivity index (χ1n) is 9.80. The topological polar surface area (TPSA) is 24.5 Å². The SMILES string of the molecule is CC(C)NCc1c(Oc2cccc(C(F)(F)F)c2)cccc1N1CCCCC1. The minimum atomic E-state index is -4.39. The van der Waals surface area contributed by atoms with Crippen molar-refractivity contribution in [1.29, 1.82) is 0 Å². The molecule has 0 saturated carbocycles. The zero-order valence-electron chi connectivity index (χ0n) is 16.4. The summed E-state index contributed by atoms with van der Waals surface area (Å²) in [6.45, 7) is 6.70. The lowest BCUT2D eigenvalue weighted by Crippen LogP contribution is -2.31. The molecule has 0 radical (unpaired) electrons. The second kappa shape index (κ2) is 8.86. The minimum Gasteiger partial charge on any atom is -0.457 e. The van der Waals surface area contributed by atoms with Crippen molar-refractivity contribution < 1.29 is 17.9 Å². The smallest absolute Gasteiger partial charge is 0.416 e. The van der Waals surface area contributed by atoms with Crippen LogP contribution in [0.25, 0.3) is 0 Å². The summed E-state index contributed by atoms with van der Waals surface area (Å²) in [5, 5.41) is 3.42. The Morgan fingerprint density at radius 1 is 1.04 bits per heavy atom. The first kappa shape index (κ1) is 20.5. The molecule has 1 heterocycles. The van der Waals surface area contributed by atoms with Crippen molar-refractivity contribution in [2.75, 3.05) is 18.0 Å². The summed E-state index contributed by atoms with van der Waals surface area (Å²) >= 11 is 0. The van der Waals surface area contributed by atoms with E-state index in [0.29, 0.717) is 12.3 Å². The van der Waals surface area contributed by atoms with Gasteiger partial charge in [-0.15, -0.1) is 0 Å². The van der Waals surface area contributed by atoms with E-state index in [2.05, 4.69) is 30.1 Å². The van der Waals surface area contributed by atoms with E-state index in [0.717, 1.165) is 49.3 Å². The van der Waals surface area contributed by atoms with Gasteiger partial charge in [0.05, 0.1) is 5.56 Å². The molecule has 0 atom stereocenters. The number of hydrogen-bond acceptors (Lipinski definition) is 3. The summed E-state index contributed by atoms with van der Waals surface area (Å²) < 4.78 is 45.0. The lowest BCUT2D eigenvalue weighted by Gasteiger charge is -2.31. The van der Waals surface area contributed by atoms with Crippen molar-refractivity contribution in [2.24, 2.45) is 0 Å². The van der Waals surface area contributed by atoms with Gasteiger partial charge >= 0.3 is 6.18 Å². The zero-order chi connectivity index (χ0) is 20.1. The maximum Gasteiger partial charge on any atom is 0.416 e. The molecular formula is C22H27F3N2O. The molecule has 1 aliphatic heterocycles. The van der Waals surface area contributed by atoms with Crippen LogP contribution < -0.4 is 15.0 Å². The Bertz CT molecular complexity index is 784. The molecule has 0 aromatic heterocycles. The summed E-state index contributed by atoms with van der Waals surface area (Å²) in [5.74, 6) is 0.784. The van der Waals surface area contributed by atoms with Gasteiger partial charge in [-0.2, -0.15) is 13.2 Å². The van der Waals surface area contributed by atoms with Gasteiger partial charge in [-0.3, -0.25) is 0 Å². The van der Waals surface area contributed by atoms with Gasteiger partial charge in [0.1, 0.15) is 11.5 Å². The Kier molecular flexibility index (Phi) is 6.50. The number of ether oxygens (including phenoxy) is 1. The van der Waals surface area contributed by atoms with Crippen molar-refractivity contribution in [2.45, 2.75) is 51.9 Å². The Balaban J connectivity index is 1.93. The molecule has 2 aromatic rings. The fraction of sp³-hybridized carbons (Fsp3) is 0.455. The standard InChI is InChI=1S/C22H27F3N2O/c1-16(2)26-15-19-20(27-12-4-3-5-13-27)10-7-11-21(19)28-18-9-6-8-17(14-18)22(23,24)25/h6-11,14,16,26H,3-5,12-13,15H2,1-2H3. The van der Waals surface area contributed by atoms with Crippen LogP contribution >= 0.6 is 0 Å². The van der Waals surface area contributed by atoms with Crippen molar-refractivity contribution in [3.63, 3.8) is 0 Å². The number of piperidine rings is 1. The highest BCUT2D eigenvalue weighted by Gasteiger charge is 2.30. The van der Waals surface area contributed by atoms with E-state index in [1.807, 2.05) is 12.1 Å². The molecule has 1 saturated heterocycles. The summed E-state index contributed by atoms with van der Waals surface area (Å²) in [6, 6.07) is 11.1. The third kappa shape index (κ3) is 5.19. The van der Waals surface area contributed by atoms with Crippen molar-refractivity contribution in [3.05, 3.63) is 53.6 Å². The average Bonchev–Trinajstić information content (AvgIpc) is 2.67. The first-order chi connectivity index (χ1) is 13.3. The second-order valence-electron chi connectivity index (χ2n) is 7.46. The summed E-state index contributed by atoms with van der Waals surface area (Å²) in [7, 11) is 0. The predicted molar refractivity (Wildman–Crippen MR) is 106 cm³/mol. The first-order valence-corrected chi connectivity index (χ1v) is 9.80. The third-order valence-corrected chi connectivity index (χ3v) is 4.88. The van der Waals surface area contributed by atoms with E-state index in [-0.39, 0.29) is 11.8 Å². The highest BCUT2D eigenvalue weighted by molar-refractivity contribution is 5.60. The average molecular weight is 392 g/mol. The third-order valence-electron chi connectivity index (χ3n) is 4.88. The Morgan fingerprint density at radius 2 is 1.75 bits per heavy atom. The molecule has 1 fully saturated rings. The molecular weight excluding hydrogens is 365 g/mol. The lowest BCUT2D eigenvalue weighted by atomic mass is 10.1. The van der Waals surface area contributed by atoms with Crippen LogP contribution in [0, 0.1) is 0 Å². The number of benzene rings is 2. The summed E-state index contributed by atoms with van der Waals surface area (Å²) in [5.41, 5.74) is 1.37. The van der Waals surface area contributed by atoms with Gasteiger partial charge < -0.3 is 15.0 Å². The minimum absolute atomic E-state index is 0.191. The monoisotopic (exact) mass is 392 g/mol. The number of anilines is 1. The highest BCUT2D eigenvalue weighted by atomic mass is 19.4. The molecule has 28 heavy (non-hydrogen) atoms. The van der Waals surface area contributed by atoms with Crippen LogP contribution in [-0.2, 0) is 12.7 Å². The molecule has 1 N–H and O–H groups in total. The number of hydrogen-bond donors (Lipinski definition) is 1. The zero-order valence-corrected chi connectivity index (χ0v) is 16.4. The number of nitrogens with one attached hydrogen (secondary N) is 1. The number of halogens is 3. The van der Waals surface area contributed by atoms with Crippen molar-refractivity contribution in [3.8, 4) is 11.5 Å². The molecule has 0 amide bonds. The number of nitrogens with zero attached hydrogens (tertiary/aromatic N) is 1. The Hall–Kier alpha value is -2.21. The van der Waals surface area contributed by atoms with Crippen LogP contribution in [0.2, 0.25) is 0 Å². The molecule has 3 nitrogen and oxygen atoms in total. The van der Waals surface area contributed by atoms with E-state index in [1.54, 1.807) is 6.07 Å². The van der Waals surface area contributed by atoms with Gasteiger partial charge in [-0.25, -0.2) is 0 Å². The molecule has 0 bridgehead atoms.